The Labute approximate surface area is 291 Å². The second kappa shape index (κ2) is 13.4. The predicted molar refractivity (Wildman–Crippen MR) is 182 cm³/mol. The zero-order chi connectivity index (χ0) is 37.8. The van der Waals surface area contributed by atoms with Crippen molar-refractivity contribution in [1.29, 1.82) is 0 Å². The van der Waals surface area contributed by atoms with Gasteiger partial charge < -0.3 is 0 Å². The summed E-state index contributed by atoms with van der Waals surface area (Å²) in [6.45, 7) is 9.61. The van der Waals surface area contributed by atoms with Gasteiger partial charge in [-0.25, -0.2) is 4.90 Å². The van der Waals surface area contributed by atoms with Gasteiger partial charge >= 0.3 is 12.4 Å². The molecule has 3 aromatic rings. The molecule has 2 heterocycles. The van der Waals surface area contributed by atoms with Crippen molar-refractivity contribution in [3.63, 3.8) is 0 Å². The SMILES string of the molecule is C/C=C(\C=C(/C)C(c1cccc(N2C(=O)c3ccc4c5c(ccc(c35)C2=O)C(=O)N(C(CC)CC)C4=O)c1)(C(F)(F)F)C(F)(F)F)C(CC)CC. The van der Waals surface area contributed by atoms with Gasteiger partial charge in [0.15, 0.2) is 0 Å². The molecule has 3 aromatic carbocycles. The molecule has 2 aliphatic rings. The Morgan fingerprint density at radius 2 is 1.14 bits per heavy atom. The number of amides is 4. The van der Waals surface area contributed by atoms with Crippen molar-refractivity contribution in [3.8, 4) is 0 Å². The Morgan fingerprint density at radius 3 is 1.53 bits per heavy atom. The van der Waals surface area contributed by atoms with Crippen LogP contribution < -0.4 is 4.90 Å². The predicted octanol–water partition coefficient (Wildman–Crippen LogP) is 10.1. The van der Waals surface area contributed by atoms with E-state index in [4.69, 9.17) is 0 Å². The average Bonchev–Trinajstić information content (AvgIpc) is 3.07. The van der Waals surface area contributed by atoms with Gasteiger partial charge in [0, 0.05) is 39.1 Å². The molecule has 270 valence electrons. The van der Waals surface area contributed by atoms with Gasteiger partial charge in [0.1, 0.15) is 0 Å². The molecule has 12 heteroatoms. The first-order chi connectivity index (χ1) is 24.0. The fraction of sp³-hybridized carbons (Fsp3) is 0.385. The molecule has 0 saturated carbocycles. The Hall–Kier alpha value is -4.74. The van der Waals surface area contributed by atoms with Crippen LogP contribution in [0.25, 0.3) is 10.8 Å². The highest BCUT2D eigenvalue weighted by Crippen LogP contribution is 2.57. The summed E-state index contributed by atoms with van der Waals surface area (Å²) in [6, 6.07) is 8.18. The summed E-state index contributed by atoms with van der Waals surface area (Å²) in [5.41, 5.74) is -6.98. The molecule has 0 fully saturated rings. The molecule has 0 spiro atoms. The second-order valence-corrected chi connectivity index (χ2v) is 12.9. The number of imide groups is 2. The number of hydrogen-bond acceptors (Lipinski definition) is 4. The summed E-state index contributed by atoms with van der Waals surface area (Å²) in [4.78, 5) is 57.0. The first-order valence-corrected chi connectivity index (χ1v) is 16.9. The van der Waals surface area contributed by atoms with Crippen molar-refractivity contribution < 1.29 is 45.5 Å². The van der Waals surface area contributed by atoms with E-state index in [-0.39, 0.29) is 38.9 Å². The Bertz CT molecular complexity index is 1920. The van der Waals surface area contributed by atoms with Crippen LogP contribution in [-0.4, -0.2) is 46.9 Å². The van der Waals surface area contributed by atoms with Crippen LogP contribution in [0.2, 0.25) is 0 Å². The third-order valence-corrected chi connectivity index (χ3v) is 10.4. The summed E-state index contributed by atoms with van der Waals surface area (Å²) in [7, 11) is 0. The van der Waals surface area contributed by atoms with Gasteiger partial charge in [0.05, 0.1) is 5.69 Å². The van der Waals surface area contributed by atoms with Crippen LogP contribution in [-0.2, 0) is 5.41 Å². The van der Waals surface area contributed by atoms with E-state index in [1.54, 1.807) is 20.8 Å². The molecule has 0 bridgehead atoms. The van der Waals surface area contributed by atoms with Crippen LogP contribution in [0.3, 0.4) is 0 Å². The molecule has 4 amide bonds. The van der Waals surface area contributed by atoms with Crippen LogP contribution >= 0.6 is 0 Å². The topological polar surface area (TPSA) is 74.8 Å². The van der Waals surface area contributed by atoms with Gasteiger partial charge in [0.25, 0.3) is 23.6 Å². The highest BCUT2D eigenvalue weighted by Gasteiger charge is 2.72. The number of alkyl halides is 6. The minimum atomic E-state index is -5.88. The fourth-order valence-electron chi connectivity index (χ4n) is 7.71. The highest BCUT2D eigenvalue weighted by atomic mass is 19.4. The molecule has 0 saturated heterocycles. The quantitative estimate of drug-likeness (QED) is 0.119. The minimum Gasteiger partial charge on any atom is -0.271 e. The zero-order valence-corrected chi connectivity index (χ0v) is 29.1. The van der Waals surface area contributed by atoms with Crippen molar-refractivity contribution in [2.24, 2.45) is 5.92 Å². The number of anilines is 1. The van der Waals surface area contributed by atoms with Crippen LogP contribution in [0.1, 0.15) is 114 Å². The fourth-order valence-corrected chi connectivity index (χ4v) is 7.71. The lowest BCUT2D eigenvalue weighted by Crippen LogP contribution is -2.55. The molecule has 0 radical (unpaired) electrons. The molecule has 2 aliphatic heterocycles. The number of hydrogen-bond donors (Lipinski definition) is 0. The summed E-state index contributed by atoms with van der Waals surface area (Å²) < 4.78 is 90.7. The largest absolute Gasteiger partial charge is 0.410 e. The third kappa shape index (κ3) is 5.57. The smallest absolute Gasteiger partial charge is 0.271 e. The van der Waals surface area contributed by atoms with E-state index >= 15 is 26.3 Å². The number of halogens is 6. The van der Waals surface area contributed by atoms with E-state index in [9.17, 15) is 19.2 Å². The average molecular weight is 713 g/mol. The summed E-state index contributed by atoms with van der Waals surface area (Å²) in [5, 5.41) is 0.126. The van der Waals surface area contributed by atoms with E-state index in [2.05, 4.69) is 0 Å². The van der Waals surface area contributed by atoms with Gasteiger partial charge in [-0.1, -0.05) is 52.0 Å². The van der Waals surface area contributed by atoms with Crippen molar-refractivity contribution in [3.05, 3.63) is 99.6 Å². The van der Waals surface area contributed by atoms with Crippen molar-refractivity contribution in [2.75, 3.05) is 4.90 Å². The van der Waals surface area contributed by atoms with E-state index in [0.717, 1.165) is 30.0 Å². The van der Waals surface area contributed by atoms with Crippen molar-refractivity contribution in [1.82, 2.24) is 4.90 Å². The van der Waals surface area contributed by atoms with Gasteiger partial charge in [-0.15, -0.1) is 0 Å². The third-order valence-electron chi connectivity index (χ3n) is 10.4. The Morgan fingerprint density at radius 1 is 0.686 bits per heavy atom. The molecule has 0 unspecified atom stereocenters. The summed E-state index contributed by atoms with van der Waals surface area (Å²) in [6.07, 6.45) is -7.33. The van der Waals surface area contributed by atoms with Gasteiger partial charge in [-0.05, 0) is 98.6 Å². The number of nitrogens with zero attached hydrogens (tertiary/aromatic N) is 2. The maximum absolute atomic E-state index is 15.1. The lowest BCUT2D eigenvalue weighted by atomic mass is 9.71. The maximum Gasteiger partial charge on any atom is 0.410 e. The van der Waals surface area contributed by atoms with Gasteiger partial charge in [-0.2, -0.15) is 26.3 Å². The Kier molecular flexibility index (Phi) is 9.88. The number of allylic oxidation sites excluding steroid dienone is 4. The molecule has 0 aliphatic carbocycles. The molecule has 0 aromatic heterocycles. The van der Waals surface area contributed by atoms with E-state index in [1.807, 2.05) is 13.8 Å². The lowest BCUT2D eigenvalue weighted by Gasteiger charge is -2.39. The van der Waals surface area contributed by atoms with Crippen molar-refractivity contribution in [2.45, 2.75) is 91.0 Å². The number of rotatable bonds is 10. The van der Waals surface area contributed by atoms with E-state index in [0.29, 0.717) is 48.3 Å². The minimum absolute atomic E-state index is 0.0253. The maximum atomic E-state index is 15.1. The first-order valence-electron chi connectivity index (χ1n) is 16.9. The number of carbonyl (C=O) groups is 4. The molecule has 5 rings (SSSR count). The molecular weight excluding hydrogens is 674 g/mol. The van der Waals surface area contributed by atoms with Gasteiger partial charge in [-0.3, -0.25) is 24.1 Å². The van der Waals surface area contributed by atoms with Crippen LogP contribution in [0.4, 0.5) is 32.0 Å². The Balaban J connectivity index is 1.69. The molecular formula is C39H38F6N2O4. The van der Waals surface area contributed by atoms with Crippen LogP contribution in [0, 0.1) is 5.92 Å². The summed E-state index contributed by atoms with van der Waals surface area (Å²) >= 11 is 0. The standard InChI is InChI=1S/C39H38F6N2O4/c1-7-22(8-2)23(9-3)19-21(6)37(38(40,41)42,39(43,44)45)24-13-12-14-26(20-24)47-35(50)29-17-15-27-31-28(16-18-30(32(29)31)36(47)51)34(49)46(33(27)48)25(10-4)11-5/h9,12-20,22,25H,7-8,10-11H2,1-6H3/b21-19+,23-9+. The first kappa shape index (κ1) is 37.5. The normalized spacial score (nSPS) is 16.0. The lowest BCUT2D eigenvalue weighted by molar-refractivity contribution is -0.289. The molecule has 6 nitrogen and oxygen atoms in total. The summed E-state index contributed by atoms with van der Waals surface area (Å²) in [5.74, 6) is -3.53. The molecule has 0 atom stereocenters. The van der Waals surface area contributed by atoms with Crippen molar-refractivity contribution >= 4 is 40.1 Å². The van der Waals surface area contributed by atoms with Crippen LogP contribution in [0.5, 0.6) is 0 Å². The highest BCUT2D eigenvalue weighted by molar-refractivity contribution is 6.39. The molecule has 0 N–H and O–H groups in total. The monoisotopic (exact) mass is 712 g/mol. The molecule has 51 heavy (non-hydrogen) atoms. The number of benzene rings is 3. The van der Waals surface area contributed by atoms with E-state index in [1.165, 1.54) is 30.3 Å². The number of carbonyl (C=O) groups excluding carboxylic acids is 4. The zero-order valence-electron chi connectivity index (χ0n) is 29.1. The second-order valence-electron chi connectivity index (χ2n) is 12.9. The van der Waals surface area contributed by atoms with Gasteiger partial charge in [0.2, 0.25) is 5.41 Å². The van der Waals surface area contributed by atoms with E-state index < -0.39 is 64.3 Å². The van der Waals surface area contributed by atoms with Crippen LogP contribution in [0.15, 0.2) is 71.8 Å².